The Morgan fingerprint density at radius 1 is 1.36 bits per heavy atom. The molecular weight excluding hydrogens is 306 g/mol. The maximum Gasteiger partial charge on any atom is 0.326 e. The number of amides is 1. The summed E-state index contributed by atoms with van der Waals surface area (Å²) in [7, 11) is 0. The lowest BCUT2D eigenvalue weighted by molar-refractivity contribution is -0.139. The van der Waals surface area contributed by atoms with Gasteiger partial charge in [-0.15, -0.1) is 0 Å². The van der Waals surface area contributed by atoms with Gasteiger partial charge in [-0.3, -0.25) is 4.79 Å². The highest BCUT2D eigenvalue weighted by atomic mass is 35.5. The number of hydrogen-bond donors (Lipinski definition) is 2. The first-order chi connectivity index (χ1) is 10.5. The lowest BCUT2D eigenvalue weighted by Crippen LogP contribution is -2.42. The minimum atomic E-state index is -1.01. The van der Waals surface area contributed by atoms with E-state index >= 15 is 0 Å². The largest absolute Gasteiger partial charge is 0.480 e. The minimum absolute atomic E-state index is 0.0245. The van der Waals surface area contributed by atoms with Gasteiger partial charge in [0.15, 0.2) is 5.69 Å². The second kappa shape index (κ2) is 5.81. The molecular formula is C15H14ClN3O3. The Morgan fingerprint density at radius 3 is 2.77 bits per heavy atom. The Morgan fingerprint density at radius 2 is 2.14 bits per heavy atom. The van der Waals surface area contributed by atoms with Crippen LogP contribution in [0.1, 0.15) is 23.3 Å². The first kappa shape index (κ1) is 14.6. The minimum Gasteiger partial charge on any atom is -0.480 e. The molecule has 3 rings (SSSR count). The lowest BCUT2D eigenvalue weighted by atomic mass is 10.2. The third-order valence-electron chi connectivity index (χ3n) is 3.54. The van der Waals surface area contributed by atoms with Crippen molar-refractivity contribution >= 4 is 23.5 Å². The van der Waals surface area contributed by atoms with Crippen LogP contribution in [-0.4, -0.2) is 32.8 Å². The quantitative estimate of drug-likeness (QED) is 0.884. The number of carbonyl (C=O) groups is 2. The van der Waals surface area contributed by atoms with Gasteiger partial charge < -0.3 is 10.4 Å². The van der Waals surface area contributed by atoms with Gasteiger partial charge in [-0.05, 0) is 43.0 Å². The van der Waals surface area contributed by atoms with E-state index in [1.54, 1.807) is 30.5 Å². The predicted molar refractivity (Wildman–Crippen MR) is 80.2 cm³/mol. The molecule has 1 heterocycles. The van der Waals surface area contributed by atoms with E-state index < -0.39 is 17.9 Å². The van der Waals surface area contributed by atoms with E-state index in [1.807, 2.05) is 6.07 Å². The number of rotatable bonds is 5. The van der Waals surface area contributed by atoms with E-state index in [0.717, 1.165) is 18.5 Å². The SMILES string of the molecule is O=C(NC(C(=O)O)C1CC1)c1ccn(-c2cccc(Cl)c2)n1. The zero-order chi connectivity index (χ0) is 15.7. The first-order valence-electron chi connectivity index (χ1n) is 6.90. The number of halogens is 1. The number of aromatic nitrogens is 2. The van der Waals surface area contributed by atoms with Crippen LogP contribution in [-0.2, 0) is 4.79 Å². The third kappa shape index (κ3) is 3.12. The van der Waals surface area contributed by atoms with Crippen molar-refractivity contribution in [1.82, 2.24) is 15.1 Å². The van der Waals surface area contributed by atoms with Crippen LogP contribution in [0.15, 0.2) is 36.5 Å². The first-order valence-corrected chi connectivity index (χ1v) is 7.27. The molecule has 1 aromatic carbocycles. The third-order valence-corrected chi connectivity index (χ3v) is 3.78. The molecule has 1 aliphatic carbocycles. The van der Waals surface area contributed by atoms with Crippen LogP contribution in [0.2, 0.25) is 5.02 Å². The molecule has 1 saturated carbocycles. The van der Waals surface area contributed by atoms with Gasteiger partial charge in [0.05, 0.1) is 5.69 Å². The maximum absolute atomic E-state index is 12.1. The summed E-state index contributed by atoms with van der Waals surface area (Å²) in [6, 6.07) is 7.76. The fourth-order valence-corrected chi connectivity index (χ4v) is 2.42. The number of hydrogen-bond acceptors (Lipinski definition) is 3. The molecule has 1 amide bonds. The van der Waals surface area contributed by atoms with Crippen molar-refractivity contribution in [3.8, 4) is 5.69 Å². The van der Waals surface area contributed by atoms with Gasteiger partial charge >= 0.3 is 5.97 Å². The molecule has 0 saturated heterocycles. The van der Waals surface area contributed by atoms with Crippen LogP contribution in [0.3, 0.4) is 0 Å². The summed E-state index contributed by atoms with van der Waals surface area (Å²) in [6.07, 6.45) is 3.29. The van der Waals surface area contributed by atoms with Gasteiger partial charge in [0.2, 0.25) is 0 Å². The van der Waals surface area contributed by atoms with Crippen molar-refractivity contribution < 1.29 is 14.7 Å². The summed E-state index contributed by atoms with van der Waals surface area (Å²) in [5, 5.41) is 16.4. The molecule has 0 spiro atoms. The Kier molecular flexibility index (Phi) is 3.85. The molecule has 0 radical (unpaired) electrons. The Bertz CT molecular complexity index is 724. The molecule has 1 fully saturated rings. The zero-order valence-corrected chi connectivity index (χ0v) is 12.3. The van der Waals surface area contributed by atoms with E-state index in [2.05, 4.69) is 10.4 Å². The van der Waals surface area contributed by atoms with E-state index in [-0.39, 0.29) is 11.6 Å². The molecule has 0 bridgehead atoms. The summed E-state index contributed by atoms with van der Waals surface area (Å²) < 4.78 is 1.52. The molecule has 2 aromatic rings. The van der Waals surface area contributed by atoms with Crippen molar-refractivity contribution in [1.29, 1.82) is 0 Å². The van der Waals surface area contributed by atoms with Crippen LogP contribution in [0.25, 0.3) is 5.69 Å². The number of aliphatic carboxylic acids is 1. The molecule has 2 N–H and O–H groups in total. The normalized spacial score (nSPS) is 15.3. The summed E-state index contributed by atoms with van der Waals surface area (Å²) in [5.41, 5.74) is 0.899. The molecule has 1 atom stereocenters. The number of carboxylic acid groups (broad SMARTS) is 1. The van der Waals surface area contributed by atoms with E-state index in [0.29, 0.717) is 5.02 Å². The molecule has 114 valence electrons. The van der Waals surface area contributed by atoms with Gasteiger partial charge in [-0.2, -0.15) is 5.10 Å². The Balaban J connectivity index is 1.75. The Labute approximate surface area is 131 Å². The van der Waals surface area contributed by atoms with E-state index in [4.69, 9.17) is 16.7 Å². The molecule has 1 aliphatic rings. The van der Waals surface area contributed by atoms with Crippen LogP contribution in [0, 0.1) is 5.92 Å². The second-order valence-corrected chi connectivity index (χ2v) is 5.69. The highest BCUT2D eigenvalue weighted by molar-refractivity contribution is 6.30. The zero-order valence-electron chi connectivity index (χ0n) is 11.6. The Hall–Kier alpha value is -2.34. The second-order valence-electron chi connectivity index (χ2n) is 5.25. The van der Waals surface area contributed by atoms with E-state index in [9.17, 15) is 9.59 Å². The van der Waals surface area contributed by atoms with Crippen LogP contribution in [0.4, 0.5) is 0 Å². The molecule has 7 heteroatoms. The highest BCUT2D eigenvalue weighted by Crippen LogP contribution is 2.32. The average molecular weight is 320 g/mol. The fourth-order valence-electron chi connectivity index (χ4n) is 2.23. The summed E-state index contributed by atoms with van der Waals surface area (Å²) in [4.78, 5) is 23.3. The molecule has 22 heavy (non-hydrogen) atoms. The van der Waals surface area contributed by atoms with Crippen molar-refractivity contribution in [2.75, 3.05) is 0 Å². The molecule has 6 nitrogen and oxygen atoms in total. The highest BCUT2D eigenvalue weighted by Gasteiger charge is 2.37. The molecule has 1 unspecified atom stereocenters. The number of benzene rings is 1. The van der Waals surface area contributed by atoms with Crippen molar-refractivity contribution in [2.24, 2.45) is 5.92 Å². The molecule has 0 aliphatic heterocycles. The average Bonchev–Trinajstić information content (AvgIpc) is 3.19. The fraction of sp³-hybridized carbons (Fsp3) is 0.267. The van der Waals surface area contributed by atoms with Crippen molar-refractivity contribution in [3.63, 3.8) is 0 Å². The number of nitrogens with zero attached hydrogens (tertiary/aromatic N) is 2. The van der Waals surface area contributed by atoms with Gasteiger partial charge in [-0.1, -0.05) is 17.7 Å². The van der Waals surface area contributed by atoms with E-state index in [1.165, 1.54) is 4.68 Å². The van der Waals surface area contributed by atoms with Crippen LogP contribution < -0.4 is 5.32 Å². The van der Waals surface area contributed by atoms with Gasteiger partial charge in [0.1, 0.15) is 6.04 Å². The predicted octanol–water partition coefficient (Wildman–Crippen LogP) is 2.12. The number of carboxylic acids is 1. The maximum atomic E-state index is 12.1. The van der Waals surface area contributed by atoms with Crippen LogP contribution in [0.5, 0.6) is 0 Å². The van der Waals surface area contributed by atoms with Crippen molar-refractivity contribution in [2.45, 2.75) is 18.9 Å². The van der Waals surface area contributed by atoms with Gasteiger partial charge in [0, 0.05) is 11.2 Å². The summed E-state index contributed by atoms with van der Waals surface area (Å²) >= 11 is 5.92. The summed E-state index contributed by atoms with van der Waals surface area (Å²) in [6.45, 7) is 0. The topological polar surface area (TPSA) is 84.2 Å². The van der Waals surface area contributed by atoms with Gasteiger partial charge in [0.25, 0.3) is 5.91 Å². The molecule has 1 aromatic heterocycles. The van der Waals surface area contributed by atoms with Crippen molar-refractivity contribution in [3.05, 3.63) is 47.2 Å². The van der Waals surface area contributed by atoms with Gasteiger partial charge in [-0.25, -0.2) is 9.48 Å². The van der Waals surface area contributed by atoms with Crippen LogP contribution >= 0.6 is 11.6 Å². The smallest absolute Gasteiger partial charge is 0.326 e. The standard InChI is InChI=1S/C15H14ClN3O3/c16-10-2-1-3-11(8-10)19-7-6-12(18-19)14(20)17-13(15(21)22)9-4-5-9/h1-3,6-9,13H,4-5H2,(H,17,20)(H,21,22). The number of carbonyl (C=O) groups excluding carboxylic acids is 1. The monoisotopic (exact) mass is 319 g/mol. The summed E-state index contributed by atoms with van der Waals surface area (Å²) in [5.74, 6) is -1.47. The number of nitrogens with one attached hydrogen (secondary N) is 1. The lowest BCUT2D eigenvalue weighted by Gasteiger charge is -2.12.